The Kier molecular flexibility index (Phi) is 6.62. The zero-order valence-corrected chi connectivity index (χ0v) is 18.0. The molecule has 7 heteroatoms. The summed E-state index contributed by atoms with van der Waals surface area (Å²) in [6.07, 6.45) is 3.10. The molecule has 1 fully saturated rings. The highest BCUT2D eigenvalue weighted by Gasteiger charge is 2.25. The first-order valence-electron chi connectivity index (χ1n) is 10.8. The molecule has 1 aromatic heterocycles. The van der Waals surface area contributed by atoms with Gasteiger partial charge < -0.3 is 14.8 Å². The predicted octanol–water partition coefficient (Wildman–Crippen LogP) is 4.40. The Balaban J connectivity index is 1.58. The monoisotopic (exact) mass is 420 g/mol. The summed E-state index contributed by atoms with van der Waals surface area (Å²) in [6.45, 7) is 5.51. The van der Waals surface area contributed by atoms with E-state index in [1.165, 1.54) is 0 Å². The van der Waals surface area contributed by atoms with Crippen LogP contribution >= 0.6 is 0 Å². The number of carbonyl (C=O) groups excluding carboxylic acids is 1. The molecule has 4 rings (SSSR count). The summed E-state index contributed by atoms with van der Waals surface area (Å²) in [5, 5.41) is 7.58. The van der Waals surface area contributed by atoms with Crippen molar-refractivity contribution in [2.45, 2.75) is 33.1 Å². The van der Waals surface area contributed by atoms with E-state index in [-0.39, 0.29) is 11.8 Å². The molecule has 0 atom stereocenters. The third-order valence-corrected chi connectivity index (χ3v) is 5.49. The molecule has 1 aliphatic carbocycles. The maximum absolute atomic E-state index is 12.2. The molecule has 0 saturated heterocycles. The SMILES string of the molecule is CCOCCOc1nc(-c2ccccc2C)n(-c2ccc(NC(=O)C3CCC3)cc2)n1. The largest absolute Gasteiger partial charge is 0.460 e. The Hall–Kier alpha value is -3.19. The molecule has 0 bridgehead atoms. The van der Waals surface area contributed by atoms with E-state index in [9.17, 15) is 4.79 Å². The fraction of sp³-hybridized carbons (Fsp3) is 0.375. The smallest absolute Gasteiger partial charge is 0.336 e. The molecule has 7 nitrogen and oxygen atoms in total. The summed E-state index contributed by atoms with van der Waals surface area (Å²) < 4.78 is 12.8. The fourth-order valence-corrected chi connectivity index (χ4v) is 3.47. The lowest BCUT2D eigenvalue weighted by Gasteiger charge is -2.24. The van der Waals surface area contributed by atoms with Crippen LogP contribution in [-0.4, -0.2) is 40.5 Å². The van der Waals surface area contributed by atoms with Gasteiger partial charge in [0, 0.05) is 23.8 Å². The highest BCUT2D eigenvalue weighted by molar-refractivity contribution is 5.93. The van der Waals surface area contributed by atoms with Crippen molar-refractivity contribution >= 4 is 11.6 Å². The van der Waals surface area contributed by atoms with Crippen LogP contribution in [-0.2, 0) is 9.53 Å². The normalized spacial score (nSPS) is 13.6. The number of amides is 1. The molecule has 1 heterocycles. The van der Waals surface area contributed by atoms with Gasteiger partial charge in [-0.25, -0.2) is 4.68 Å². The van der Waals surface area contributed by atoms with Crippen molar-refractivity contribution in [3.63, 3.8) is 0 Å². The number of aryl methyl sites for hydroxylation is 1. The van der Waals surface area contributed by atoms with E-state index in [2.05, 4.69) is 15.4 Å². The summed E-state index contributed by atoms with van der Waals surface area (Å²) in [6, 6.07) is 16.0. The second-order valence-electron chi connectivity index (χ2n) is 7.65. The zero-order chi connectivity index (χ0) is 21.6. The lowest BCUT2D eigenvalue weighted by molar-refractivity contribution is -0.122. The Labute approximate surface area is 182 Å². The first-order valence-corrected chi connectivity index (χ1v) is 10.8. The van der Waals surface area contributed by atoms with E-state index < -0.39 is 0 Å². The van der Waals surface area contributed by atoms with E-state index in [1.807, 2.05) is 62.4 Å². The van der Waals surface area contributed by atoms with Crippen LogP contribution in [0.25, 0.3) is 17.1 Å². The maximum atomic E-state index is 12.2. The molecule has 162 valence electrons. The molecule has 3 aromatic rings. The Morgan fingerprint density at radius 2 is 1.90 bits per heavy atom. The van der Waals surface area contributed by atoms with Crippen molar-refractivity contribution in [1.29, 1.82) is 0 Å². The summed E-state index contributed by atoms with van der Waals surface area (Å²) in [7, 11) is 0. The number of hydrogen-bond donors (Lipinski definition) is 1. The van der Waals surface area contributed by atoms with Gasteiger partial charge in [0.25, 0.3) is 0 Å². The lowest BCUT2D eigenvalue weighted by Crippen LogP contribution is -2.27. The Morgan fingerprint density at radius 1 is 1.13 bits per heavy atom. The van der Waals surface area contributed by atoms with Crippen LogP contribution in [0.3, 0.4) is 0 Å². The number of hydrogen-bond acceptors (Lipinski definition) is 5. The summed E-state index contributed by atoms with van der Waals surface area (Å²) in [5.41, 5.74) is 3.71. The molecular formula is C24H28N4O3. The first-order chi connectivity index (χ1) is 15.2. The van der Waals surface area contributed by atoms with Crippen LogP contribution in [0.15, 0.2) is 48.5 Å². The van der Waals surface area contributed by atoms with Gasteiger partial charge >= 0.3 is 6.01 Å². The molecule has 2 aromatic carbocycles. The number of ether oxygens (including phenoxy) is 2. The molecule has 1 aliphatic rings. The van der Waals surface area contributed by atoms with Crippen LogP contribution in [0.5, 0.6) is 6.01 Å². The molecular weight excluding hydrogens is 392 g/mol. The number of aromatic nitrogens is 3. The number of carbonyl (C=O) groups is 1. The van der Waals surface area contributed by atoms with Gasteiger partial charge in [-0.05, 0) is 56.5 Å². The third kappa shape index (κ3) is 4.94. The van der Waals surface area contributed by atoms with Crippen molar-refractivity contribution in [1.82, 2.24) is 14.8 Å². The molecule has 31 heavy (non-hydrogen) atoms. The molecule has 1 N–H and O–H groups in total. The van der Waals surface area contributed by atoms with Gasteiger partial charge in [-0.2, -0.15) is 4.98 Å². The van der Waals surface area contributed by atoms with Crippen molar-refractivity contribution in [2.24, 2.45) is 5.92 Å². The Bertz CT molecular complexity index is 1030. The number of rotatable bonds is 9. The van der Waals surface area contributed by atoms with Gasteiger partial charge in [0.05, 0.1) is 12.3 Å². The third-order valence-electron chi connectivity index (χ3n) is 5.49. The van der Waals surface area contributed by atoms with Gasteiger partial charge in [0.15, 0.2) is 5.82 Å². The van der Waals surface area contributed by atoms with Gasteiger partial charge in [-0.15, -0.1) is 5.10 Å². The quantitative estimate of drug-likeness (QED) is 0.519. The maximum Gasteiger partial charge on any atom is 0.336 e. The molecule has 0 unspecified atom stereocenters. The topological polar surface area (TPSA) is 78.3 Å². The highest BCUT2D eigenvalue weighted by atomic mass is 16.5. The van der Waals surface area contributed by atoms with Gasteiger partial charge in [0.1, 0.15) is 6.61 Å². The minimum Gasteiger partial charge on any atom is -0.460 e. The van der Waals surface area contributed by atoms with Crippen LogP contribution in [0.1, 0.15) is 31.7 Å². The number of benzene rings is 2. The Morgan fingerprint density at radius 3 is 2.58 bits per heavy atom. The molecule has 1 amide bonds. The standard InChI is InChI=1S/C24H28N4O3/c1-3-30-15-16-31-24-26-22(21-10-5-4-7-17(21)2)28(27-24)20-13-11-19(12-14-20)25-23(29)18-8-6-9-18/h4-5,7,10-14,18H,3,6,8-9,15-16H2,1-2H3,(H,25,29). The van der Waals surface area contributed by atoms with Gasteiger partial charge in [-0.3, -0.25) is 4.79 Å². The molecule has 1 saturated carbocycles. The minimum atomic E-state index is 0.102. The van der Waals surface area contributed by atoms with Gasteiger partial charge in [0.2, 0.25) is 5.91 Å². The van der Waals surface area contributed by atoms with Crippen LogP contribution in [0.2, 0.25) is 0 Å². The fourth-order valence-electron chi connectivity index (χ4n) is 3.47. The second kappa shape index (κ2) is 9.75. The zero-order valence-electron chi connectivity index (χ0n) is 18.0. The van der Waals surface area contributed by atoms with Crippen molar-refractivity contribution < 1.29 is 14.3 Å². The summed E-state index contributed by atoms with van der Waals surface area (Å²) in [4.78, 5) is 16.8. The predicted molar refractivity (Wildman–Crippen MR) is 119 cm³/mol. The van der Waals surface area contributed by atoms with Crippen molar-refractivity contribution in [3.05, 3.63) is 54.1 Å². The average Bonchev–Trinajstić information content (AvgIpc) is 3.15. The van der Waals surface area contributed by atoms with Crippen molar-refractivity contribution in [3.8, 4) is 23.1 Å². The van der Waals surface area contributed by atoms with E-state index in [0.29, 0.717) is 31.7 Å². The summed E-state index contributed by atoms with van der Waals surface area (Å²) >= 11 is 0. The molecule has 0 aliphatic heterocycles. The van der Waals surface area contributed by atoms with E-state index in [1.54, 1.807) is 4.68 Å². The second-order valence-corrected chi connectivity index (χ2v) is 7.65. The van der Waals surface area contributed by atoms with Crippen molar-refractivity contribution in [2.75, 3.05) is 25.1 Å². The number of nitrogens with one attached hydrogen (secondary N) is 1. The summed E-state index contributed by atoms with van der Waals surface area (Å²) in [5.74, 6) is 0.958. The highest BCUT2D eigenvalue weighted by Crippen LogP contribution is 2.29. The average molecular weight is 421 g/mol. The van der Waals surface area contributed by atoms with Crippen LogP contribution in [0.4, 0.5) is 5.69 Å². The van der Waals surface area contributed by atoms with Gasteiger partial charge in [-0.1, -0.05) is 30.7 Å². The van der Waals surface area contributed by atoms with E-state index in [0.717, 1.165) is 41.8 Å². The van der Waals surface area contributed by atoms with E-state index >= 15 is 0 Å². The first kappa shape index (κ1) is 21.1. The minimum absolute atomic E-state index is 0.102. The van der Waals surface area contributed by atoms with Crippen LogP contribution in [0, 0.1) is 12.8 Å². The molecule has 0 spiro atoms. The van der Waals surface area contributed by atoms with E-state index in [4.69, 9.17) is 9.47 Å². The van der Waals surface area contributed by atoms with Crippen LogP contribution < -0.4 is 10.1 Å². The number of anilines is 1. The molecule has 0 radical (unpaired) electrons. The lowest BCUT2D eigenvalue weighted by atomic mass is 9.85. The number of nitrogens with zero attached hydrogens (tertiary/aromatic N) is 3.